The van der Waals surface area contributed by atoms with Gasteiger partial charge in [0.05, 0.1) is 0 Å². The van der Waals surface area contributed by atoms with Crippen LogP contribution in [0.1, 0.15) is 51.9 Å². The lowest BCUT2D eigenvalue weighted by Gasteiger charge is -2.44. The lowest BCUT2D eigenvalue weighted by Crippen LogP contribution is -2.46. The first kappa shape index (κ1) is 13.6. The monoisotopic (exact) mass is 251 g/mol. The summed E-state index contributed by atoms with van der Waals surface area (Å²) in [6.07, 6.45) is 9.59. The second-order valence-corrected chi connectivity index (χ2v) is 5.64. The van der Waals surface area contributed by atoms with Gasteiger partial charge >= 0.3 is 5.97 Å². The average molecular weight is 251 g/mol. The molecule has 2 atom stereocenters. The number of hydrogen-bond donors (Lipinski definition) is 1. The number of carbonyl (C=O) groups is 1. The Labute approximate surface area is 110 Å². The highest BCUT2D eigenvalue weighted by atomic mass is 16.4. The topological polar surface area (TPSA) is 40.5 Å². The van der Waals surface area contributed by atoms with Gasteiger partial charge < -0.3 is 10.0 Å². The minimum Gasteiger partial charge on any atom is -0.481 e. The smallest absolute Gasteiger partial charge is 0.303 e. The van der Waals surface area contributed by atoms with E-state index >= 15 is 0 Å². The van der Waals surface area contributed by atoms with E-state index in [-0.39, 0.29) is 6.42 Å². The van der Waals surface area contributed by atoms with E-state index in [2.05, 4.69) is 17.9 Å². The zero-order valence-corrected chi connectivity index (χ0v) is 11.4. The number of carboxylic acid groups (broad SMARTS) is 1. The Balaban J connectivity index is 1.91. The van der Waals surface area contributed by atoms with Crippen LogP contribution in [0.4, 0.5) is 0 Å². The summed E-state index contributed by atoms with van der Waals surface area (Å²) in [6, 6.07) is 0.730. The van der Waals surface area contributed by atoms with Gasteiger partial charge in [0.1, 0.15) is 0 Å². The predicted molar refractivity (Wildman–Crippen MR) is 72.6 cm³/mol. The standard InChI is InChI=1S/C15H25NO2/c1-2-16-10-4-6-13-9-8-12(11-14(13)16)5-3-7-15(17)18/h5,13-14H,2-4,6-11H2,1H3,(H,17,18)/t13-,14-/m1/s1. The van der Waals surface area contributed by atoms with E-state index in [1.54, 1.807) is 0 Å². The molecule has 1 aliphatic heterocycles. The van der Waals surface area contributed by atoms with Gasteiger partial charge in [-0.25, -0.2) is 0 Å². The van der Waals surface area contributed by atoms with Gasteiger partial charge in [-0.1, -0.05) is 18.6 Å². The summed E-state index contributed by atoms with van der Waals surface area (Å²) < 4.78 is 0. The average Bonchev–Trinajstić information content (AvgIpc) is 2.37. The van der Waals surface area contributed by atoms with Crippen LogP contribution in [0.5, 0.6) is 0 Å². The molecule has 1 saturated carbocycles. The van der Waals surface area contributed by atoms with Crippen molar-refractivity contribution >= 4 is 5.97 Å². The number of piperidine rings is 1. The van der Waals surface area contributed by atoms with Crippen LogP contribution in [0.15, 0.2) is 11.6 Å². The maximum atomic E-state index is 10.5. The van der Waals surface area contributed by atoms with Crippen molar-refractivity contribution in [2.75, 3.05) is 13.1 Å². The largest absolute Gasteiger partial charge is 0.481 e. The summed E-state index contributed by atoms with van der Waals surface area (Å²) >= 11 is 0. The van der Waals surface area contributed by atoms with Crippen molar-refractivity contribution in [2.45, 2.75) is 57.9 Å². The first-order valence-corrected chi connectivity index (χ1v) is 7.34. The van der Waals surface area contributed by atoms with Crippen LogP contribution in [0.3, 0.4) is 0 Å². The Morgan fingerprint density at radius 2 is 2.33 bits per heavy atom. The number of aliphatic carboxylic acids is 1. The lowest BCUT2D eigenvalue weighted by molar-refractivity contribution is -0.136. The van der Waals surface area contributed by atoms with Crippen molar-refractivity contribution in [1.29, 1.82) is 0 Å². The van der Waals surface area contributed by atoms with Gasteiger partial charge in [0.25, 0.3) is 0 Å². The number of fused-ring (bicyclic) bond motifs is 1. The number of rotatable bonds is 4. The summed E-state index contributed by atoms with van der Waals surface area (Å²) in [5.74, 6) is 0.198. The fraction of sp³-hybridized carbons (Fsp3) is 0.800. The molecular formula is C15H25NO2. The van der Waals surface area contributed by atoms with E-state index in [1.165, 1.54) is 44.2 Å². The van der Waals surface area contributed by atoms with Crippen molar-refractivity contribution in [3.05, 3.63) is 11.6 Å². The van der Waals surface area contributed by atoms with Gasteiger partial charge in [0, 0.05) is 12.5 Å². The third kappa shape index (κ3) is 3.35. The molecule has 1 heterocycles. The van der Waals surface area contributed by atoms with Gasteiger partial charge in [-0.3, -0.25) is 4.79 Å². The number of hydrogen-bond acceptors (Lipinski definition) is 2. The second-order valence-electron chi connectivity index (χ2n) is 5.64. The Morgan fingerprint density at radius 1 is 1.50 bits per heavy atom. The molecule has 18 heavy (non-hydrogen) atoms. The van der Waals surface area contributed by atoms with E-state index in [0.717, 1.165) is 18.5 Å². The summed E-state index contributed by atoms with van der Waals surface area (Å²) in [7, 11) is 0. The fourth-order valence-electron chi connectivity index (χ4n) is 3.56. The molecule has 0 unspecified atom stereocenters. The maximum Gasteiger partial charge on any atom is 0.303 e. The molecule has 0 aromatic heterocycles. The van der Waals surface area contributed by atoms with Crippen LogP contribution in [-0.4, -0.2) is 35.1 Å². The van der Waals surface area contributed by atoms with Crippen LogP contribution >= 0.6 is 0 Å². The molecule has 0 aromatic carbocycles. The molecule has 2 aliphatic rings. The van der Waals surface area contributed by atoms with Crippen molar-refractivity contribution in [3.63, 3.8) is 0 Å². The molecule has 102 valence electrons. The van der Waals surface area contributed by atoms with Crippen molar-refractivity contribution in [1.82, 2.24) is 4.90 Å². The van der Waals surface area contributed by atoms with Crippen LogP contribution in [0, 0.1) is 5.92 Å². The number of likely N-dealkylation sites (tertiary alicyclic amines) is 1. The van der Waals surface area contributed by atoms with Crippen LogP contribution in [0.2, 0.25) is 0 Å². The number of carboxylic acids is 1. The highest BCUT2D eigenvalue weighted by molar-refractivity contribution is 5.66. The van der Waals surface area contributed by atoms with Crippen LogP contribution in [0.25, 0.3) is 0 Å². The van der Waals surface area contributed by atoms with Crippen molar-refractivity contribution in [2.24, 2.45) is 5.92 Å². The minimum absolute atomic E-state index is 0.273. The quantitative estimate of drug-likeness (QED) is 0.781. The molecular weight excluding hydrogens is 226 g/mol. The summed E-state index contributed by atoms with van der Waals surface area (Å²) in [5, 5.41) is 8.67. The molecule has 0 bridgehead atoms. The van der Waals surface area contributed by atoms with E-state index < -0.39 is 5.97 Å². The molecule has 1 N–H and O–H groups in total. The Kier molecular flexibility index (Phi) is 4.81. The van der Waals surface area contributed by atoms with E-state index in [9.17, 15) is 4.79 Å². The predicted octanol–water partition coefficient (Wildman–Crippen LogP) is 3.06. The molecule has 0 spiro atoms. The molecule has 1 saturated heterocycles. The normalized spacial score (nSPS) is 31.3. The van der Waals surface area contributed by atoms with Crippen molar-refractivity contribution in [3.8, 4) is 0 Å². The zero-order chi connectivity index (χ0) is 13.0. The fourth-order valence-corrected chi connectivity index (χ4v) is 3.56. The van der Waals surface area contributed by atoms with E-state index in [1.807, 2.05) is 0 Å². The van der Waals surface area contributed by atoms with Gasteiger partial charge in [-0.15, -0.1) is 0 Å². The van der Waals surface area contributed by atoms with Gasteiger partial charge in [0.2, 0.25) is 0 Å². The molecule has 3 nitrogen and oxygen atoms in total. The van der Waals surface area contributed by atoms with Crippen molar-refractivity contribution < 1.29 is 9.90 Å². The Bertz CT molecular complexity index is 318. The zero-order valence-electron chi connectivity index (χ0n) is 11.4. The highest BCUT2D eigenvalue weighted by Crippen LogP contribution is 2.37. The Hall–Kier alpha value is -0.830. The summed E-state index contributed by atoms with van der Waals surface area (Å²) in [4.78, 5) is 13.2. The molecule has 0 aromatic rings. The van der Waals surface area contributed by atoms with Gasteiger partial charge in [-0.05, 0) is 57.5 Å². The van der Waals surface area contributed by atoms with Crippen LogP contribution in [-0.2, 0) is 4.79 Å². The third-order valence-electron chi connectivity index (χ3n) is 4.54. The molecule has 0 amide bonds. The van der Waals surface area contributed by atoms with Gasteiger partial charge in [-0.2, -0.15) is 0 Å². The Morgan fingerprint density at radius 3 is 3.06 bits per heavy atom. The van der Waals surface area contributed by atoms with Crippen LogP contribution < -0.4 is 0 Å². The first-order chi connectivity index (χ1) is 8.70. The molecule has 0 radical (unpaired) electrons. The molecule has 2 fully saturated rings. The molecule has 2 rings (SSSR count). The van der Waals surface area contributed by atoms with E-state index in [0.29, 0.717) is 6.42 Å². The van der Waals surface area contributed by atoms with E-state index in [4.69, 9.17) is 5.11 Å². The first-order valence-electron chi connectivity index (χ1n) is 7.34. The lowest BCUT2D eigenvalue weighted by atomic mass is 9.76. The van der Waals surface area contributed by atoms with Gasteiger partial charge in [0.15, 0.2) is 0 Å². The molecule has 3 heteroatoms. The highest BCUT2D eigenvalue weighted by Gasteiger charge is 2.33. The number of allylic oxidation sites excluding steroid dienone is 1. The third-order valence-corrected chi connectivity index (χ3v) is 4.54. The second kappa shape index (κ2) is 6.37. The SMILES string of the molecule is CCN1CCC[C@@H]2CCC(=CCCC(=O)O)C[C@H]21. The maximum absolute atomic E-state index is 10.5. The summed E-state index contributed by atoms with van der Waals surface area (Å²) in [5.41, 5.74) is 1.50. The molecule has 1 aliphatic carbocycles. The number of nitrogens with zero attached hydrogens (tertiary/aromatic N) is 1. The summed E-state index contributed by atoms with van der Waals surface area (Å²) in [6.45, 7) is 4.66. The minimum atomic E-state index is -0.687.